The molecule has 1 amide bonds. The molecular formula is C18H18BrCl2NO2. The van der Waals surface area contributed by atoms with Crippen LogP contribution in [0, 0.1) is 0 Å². The Kier molecular flexibility index (Phi) is 7.40. The summed E-state index contributed by atoms with van der Waals surface area (Å²) in [6, 6.07) is 11.0. The van der Waals surface area contributed by atoms with Gasteiger partial charge in [0.05, 0.1) is 21.1 Å². The van der Waals surface area contributed by atoms with Crippen LogP contribution in [-0.4, -0.2) is 12.5 Å². The van der Waals surface area contributed by atoms with Crippen LogP contribution in [0.5, 0.6) is 5.75 Å². The van der Waals surface area contributed by atoms with E-state index in [1.54, 1.807) is 18.2 Å². The van der Waals surface area contributed by atoms with Crippen LogP contribution in [0.2, 0.25) is 10.0 Å². The van der Waals surface area contributed by atoms with Crippen molar-refractivity contribution in [1.29, 1.82) is 0 Å². The average molecular weight is 431 g/mol. The maximum atomic E-state index is 11.9. The fourth-order valence-electron chi connectivity index (χ4n) is 2.09. The van der Waals surface area contributed by atoms with Gasteiger partial charge >= 0.3 is 0 Å². The van der Waals surface area contributed by atoms with E-state index < -0.39 is 0 Å². The van der Waals surface area contributed by atoms with Crippen molar-refractivity contribution in [2.45, 2.75) is 26.2 Å². The molecule has 1 N–H and O–H groups in total. The molecule has 0 saturated heterocycles. The molecule has 0 atom stereocenters. The predicted molar refractivity (Wildman–Crippen MR) is 103 cm³/mol. The van der Waals surface area contributed by atoms with Crippen molar-refractivity contribution in [3.63, 3.8) is 0 Å². The van der Waals surface area contributed by atoms with Gasteiger partial charge in [-0.1, -0.05) is 36.2 Å². The Morgan fingerprint density at radius 2 is 1.96 bits per heavy atom. The monoisotopic (exact) mass is 429 g/mol. The molecule has 0 unspecified atom stereocenters. The Hall–Kier alpha value is -1.23. The number of hydrogen-bond acceptors (Lipinski definition) is 2. The lowest BCUT2D eigenvalue weighted by molar-refractivity contribution is -0.116. The first-order valence-corrected chi connectivity index (χ1v) is 9.20. The zero-order valence-corrected chi connectivity index (χ0v) is 16.3. The van der Waals surface area contributed by atoms with E-state index in [1.165, 1.54) is 5.56 Å². The Labute approximate surface area is 160 Å². The van der Waals surface area contributed by atoms with Crippen molar-refractivity contribution in [2.24, 2.45) is 0 Å². The largest absolute Gasteiger partial charge is 0.492 e. The van der Waals surface area contributed by atoms with Crippen LogP contribution in [0.3, 0.4) is 0 Å². The van der Waals surface area contributed by atoms with E-state index in [0.717, 1.165) is 16.6 Å². The van der Waals surface area contributed by atoms with E-state index in [0.29, 0.717) is 35.2 Å². The molecule has 2 aromatic rings. The maximum Gasteiger partial charge on any atom is 0.224 e. The number of halogens is 3. The molecule has 128 valence electrons. The fourth-order valence-corrected chi connectivity index (χ4v) is 2.93. The smallest absolute Gasteiger partial charge is 0.224 e. The van der Waals surface area contributed by atoms with Crippen LogP contribution in [-0.2, 0) is 11.2 Å². The van der Waals surface area contributed by atoms with Gasteiger partial charge in [0.25, 0.3) is 0 Å². The summed E-state index contributed by atoms with van der Waals surface area (Å²) in [7, 11) is 0. The number of ether oxygens (including phenoxy) is 1. The molecule has 0 spiro atoms. The summed E-state index contributed by atoms with van der Waals surface area (Å²) >= 11 is 15.3. The number of benzene rings is 2. The zero-order chi connectivity index (χ0) is 17.5. The number of anilines is 1. The van der Waals surface area contributed by atoms with Crippen LogP contribution in [0.1, 0.15) is 25.3 Å². The van der Waals surface area contributed by atoms with Gasteiger partial charge in [-0.25, -0.2) is 0 Å². The van der Waals surface area contributed by atoms with E-state index in [2.05, 4.69) is 28.2 Å². The summed E-state index contributed by atoms with van der Waals surface area (Å²) in [6.45, 7) is 2.58. The van der Waals surface area contributed by atoms with Crippen molar-refractivity contribution in [3.05, 3.63) is 56.5 Å². The number of nitrogens with one attached hydrogen (secondary N) is 1. The molecule has 24 heavy (non-hydrogen) atoms. The standard InChI is InChI=1S/C18H18BrCl2NO2/c1-2-12-5-8-17(14(19)10-12)24-9-3-4-18(23)22-13-6-7-15(20)16(21)11-13/h5-8,10-11H,2-4,9H2,1H3,(H,22,23). The highest BCUT2D eigenvalue weighted by Gasteiger charge is 2.06. The molecular weight excluding hydrogens is 413 g/mol. The molecule has 2 rings (SSSR count). The van der Waals surface area contributed by atoms with Crippen LogP contribution >= 0.6 is 39.1 Å². The minimum absolute atomic E-state index is 0.0858. The van der Waals surface area contributed by atoms with Crippen LogP contribution in [0.25, 0.3) is 0 Å². The minimum atomic E-state index is -0.0858. The zero-order valence-electron chi connectivity index (χ0n) is 13.2. The molecule has 0 saturated carbocycles. The number of aryl methyl sites for hydroxylation is 1. The molecule has 0 heterocycles. The van der Waals surface area contributed by atoms with Gasteiger partial charge in [-0.3, -0.25) is 4.79 Å². The second-order valence-electron chi connectivity index (χ2n) is 5.25. The molecule has 0 radical (unpaired) electrons. The number of hydrogen-bond donors (Lipinski definition) is 1. The summed E-state index contributed by atoms with van der Waals surface area (Å²) in [5.74, 6) is 0.703. The third kappa shape index (κ3) is 5.69. The minimum Gasteiger partial charge on any atom is -0.492 e. The lowest BCUT2D eigenvalue weighted by atomic mass is 10.2. The molecule has 0 bridgehead atoms. The first-order valence-electron chi connectivity index (χ1n) is 7.65. The maximum absolute atomic E-state index is 11.9. The molecule has 3 nitrogen and oxygen atoms in total. The average Bonchev–Trinajstić information content (AvgIpc) is 2.56. The highest BCUT2D eigenvalue weighted by Crippen LogP contribution is 2.27. The molecule has 0 aromatic heterocycles. The summed E-state index contributed by atoms with van der Waals surface area (Å²) in [4.78, 5) is 11.9. The van der Waals surface area contributed by atoms with Gasteiger partial charge < -0.3 is 10.1 Å². The van der Waals surface area contributed by atoms with E-state index >= 15 is 0 Å². The number of carbonyl (C=O) groups excluding carboxylic acids is 1. The van der Waals surface area contributed by atoms with E-state index in [9.17, 15) is 4.79 Å². The summed E-state index contributed by atoms with van der Waals surface area (Å²) in [5.41, 5.74) is 1.88. The number of carbonyl (C=O) groups is 1. The van der Waals surface area contributed by atoms with Crippen molar-refractivity contribution in [1.82, 2.24) is 0 Å². The van der Waals surface area contributed by atoms with Gasteiger partial charge in [0, 0.05) is 12.1 Å². The molecule has 0 aliphatic rings. The highest BCUT2D eigenvalue weighted by atomic mass is 79.9. The van der Waals surface area contributed by atoms with Crippen molar-refractivity contribution < 1.29 is 9.53 Å². The molecule has 6 heteroatoms. The van der Waals surface area contributed by atoms with E-state index in [-0.39, 0.29) is 5.91 Å². The normalized spacial score (nSPS) is 10.5. The molecule has 2 aromatic carbocycles. The lowest BCUT2D eigenvalue weighted by Gasteiger charge is -2.10. The van der Waals surface area contributed by atoms with Crippen molar-refractivity contribution in [3.8, 4) is 5.75 Å². The summed E-state index contributed by atoms with van der Waals surface area (Å²) < 4.78 is 6.64. The number of rotatable bonds is 7. The van der Waals surface area contributed by atoms with Crippen molar-refractivity contribution >= 4 is 50.7 Å². The van der Waals surface area contributed by atoms with Gasteiger partial charge in [-0.15, -0.1) is 0 Å². The third-order valence-electron chi connectivity index (χ3n) is 3.41. The SMILES string of the molecule is CCc1ccc(OCCCC(=O)Nc2ccc(Cl)c(Cl)c2)c(Br)c1. The van der Waals surface area contributed by atoms with Crippen LogP contribution in [0.4, 0.5) is 5.69 Å². The van der Waals surface area contributed by atoms with Gasteiger partial charge in [-0.2, -0.15) is 0 Å². The quantitative estimate of drug-likeness (QED) is 0.537. The van der Waals surface area contributed by atoms with Gasteiger partial charge in [0.1, 0.15) is 5.75 Å². The molecule has 0 fully saturated rings. The first kappa shape index (κ1) is 19.1. The fraction of sp³-hybridized carbons (Fsp3) is 0.278. The van der Waals surface area contributed by atoms with E-state index in [1.807, 2.05) is 18.2 Å². The van der Waals surface area contributed by atoms with Gasteiger partial charge in [0.2, 0.25) is 5.91 Å². The summed E-state index contributed by atoms with van der Waals surface area (Å²) in [5, 5.41) is 3.66. The second-order valence-corrected chi connectivity index (χ2v) is 6.92. The Morgan fingerprint density at radius 3 is 2.62 bits per heavy atom. The first-order chi connectivity index (χ1) is 11.5. The van der Waals surface area contributed by atoms with Crippen LogP contribution in [0.15, 0.2) is 40.9 Å². The molecule has 0 aliphatic carbocycles. The van der Waals surface area contributed by atoms with Gasteiger partial charge in [0.15, 0.2) is 0 Å². The Balaban J connectivity index is 1.75. The number of amides is 1. The second kappa shape index (κ2) is 9.30. The highest BCUT2D eigenvalue weighted by molar-refractivity contribution is 9.10. The molecule has 0 aliphatic heterocycles. The van der Waals surface area contributed by atoms with Crippen LogP contribution < -0.4 is 10.1 Å². The van der Waals surface area contributed by atoms with Crippen molar-refractivity contribution in [2.75, 3.05) is 11.9 Å². The lowest BCUT2D eigenvalue weighted by Crippen LogP contribution is -2.12. The van der Waals surface area contributed by atoms with Gasteiger partial charge in [-0.05, 0) is 64.7 Å². The topological polar surface area (TPSA) is 38.3 Å². The summed E-state index contributed by atoms with van der Waals surface area (Å²) in [6.07, 6.45) is 1.97. The third-order valence-corrected chi connectivity index (χ3v) is 4.77. The predicted octanol–water partition coefficient (Wildman–Crippen LogP) is 6.12. The Morgan fingerprint density at radius 1 is 1.17 bits per heavy atom. The van der Waals surface area contributed by atoms with E-state index in [4.69, 9.17) is 27.9 Å². The Bertz CT molecular complexity index is 722.